The van der Waals surface area contributed by atoms with Crippen molar-refractivity contribution in [3.8, 4) is 11.1 Å². The summed E-state index contributed by atoms with van der Waals surface area (Å²) >= 11 is 0. The monoisotopic (exact) mass is 242 g/mol. The van der Waals surface area contributed by atoms with Crippen molar-refractivity contribution in [3.05, 3.63) is 59.2 Å². The van der Waals surface area contributed by atoms with Gasteiger partial charge in [-0.2, -0.15) is 0 Å². The summed E-state index contributed by atoms with van der Waals surface area (Å²) in [5, 5.41) is 16.9. The Labute approximate surface area is 108 Å². The first-order valence-electron chi connectivity index (χ1n) is 6.22. The lowest BCUT2D eigenvalue weighted by Crippen LogP contribution is -1.91. The summed E-state index contributed by atoms with van der Waals surface area (Å²) in [4.78, 5) is 0. The molecule has 3 rings (SSSR count). The first kappa shape index (κ1) is 12.8. The van der Waals surface area contributed by atoms with Crippen molar-refractivity contribution in [2.24, 2.45) is 0 Å². The highest BCUT2D eigenvalue weighted by molar-refractivity contribution is 5.77. The maximum absolute atomic E-state index is 9.28. The molecule has 0 spiro atoms. The van der Waals surface area contributed by atoms with Crippen LogP contribution in [-0.2, 0) is 13.0 Å². The van der Waals surface area contributed by atoms with E-state index in [4.69, 9.17) is 5.11 Å². The van der Waals surface area contributed by atoms with Gasteiger partial charge in [0.25, 0.3) is 0 Å². The van der Waals surface area contributed by atoms with Gasteiger partial charge in [-0.3, -0.25) is 0 Å². The predicted octanol–water partition coefficient (Wildman–Crippen LogP) is 2.75. The molecule has 1 aliphatic carbocycles. The van der Waals surface area contributed by atoms with Crippen LogP contribution in [-0.4, -0.2) is 16.8 Å². The Morgan fingerprint density at radius 1 is 0.944 bits per heavy atom. The average molecular weight is 242 g/mol. The van der Waals surface area contributed by atoms with Gasteiger partial charge >= 0.3 is 0 Å². The van der Waals surface area contributed by atoms with Crippen molar-refractivity contribution in [1.82, 2.24) is 0 Å². The molecule has 18 heavy (non-hydrogen) atoms. The van der Waals surface area contributed by atoms with Crippen molar-refractivity contribution in [2.75, 3.05) is 6.61 Å². The number of rotatable bonds is 1. The van der Waals surface area contributed by atoms with Crippen LogP contribution in [0.2, 0.25) is 0 Å². The Morgan fingerprint density at radius 3 is 2.33 bits per heavy atom. The molecule has 0 bridgehead atoms. The topological polar surface area (TPSA) is 40.5 Å². The standard InChI is InChI=1S/C14H12O.C2H6O/c15-9-11-5-3-7-13-12-6-2-1-4-10(12)8-14(11)13;1-2-3/h1-7,15H,8-9H2;3H,2H2,1H3. The Balaban J connectivity index is 0.000000367. The van der Waals surface area contributed by atoms with Crippen LogP contribution in [0.5, 0.6) is 0 Å². The average Bonchev–Trinajstić information content (AvgIpc) is 2.78. The highest BCUT2D eigenvalue weighted by Gasteiger charge is 2.19. The van der Waals surface area contributed by atoms with E-state index in [-0.39, 0.29) is 13.2 Å². The van der Waals surface area contributed by atoms with Gasteiger partial charge in [-0.25, -0.2) is 0 Å². The number of fused-ring (bicyclic) bond motifs is 3. The largest absolute Gasteiger partial charge is 0.397 e. The first-order valence-corrected chi connectivity index (χ1v) is 6.22. The van der Waals surface area contributed by atoms with E-state index in [1.807, 2.05) is 12.1 Å². The second-order valence-electron chi connectivity index (χ2n) is 4.25. The van der Waals surface area contributed by atoms with Crippen LogP contribution < -0.4 is 0 Å². The number of aliphatic hydroxyl groups is 2. The number of hydrogen-bond donors (Lipinski definition) is 2. The fourth-order valence-corrected chi connectivity index (χ4v) is 2.37. The Morgan fingerprint density at radius 2 is 1.61 bits per heavy atom. The zero-order valence-electron chi connectivity index (χ0n) is 10.6. The molecule has 2 N–H and O–H groups in total. The third kappa shape index (κ3) is 2.30. The molecule has 2 aromatic carbocycles. The molecule has 2 aromatic rings. The number of aliphatic hydroxyl groups excluding tert-OH is 2. The summed E-state index contributed by atoms with van der Waals surface area (Å²) in [6.45, 7) is 2.07. The van der Waals surface area contributed by atoms with E-state index >= 15 is 0 Å². The lowest BCUT2D eigenvalue weighted by atomic mass is 10.0. The molecule has 0 radical (unpaired) electrons. The maximum atomic E-state index is 9.28. The van der Waals surface area contributed by atoms with Crippen LogP contribution in [0.3, 0.4) is 0 Å². The summed E-state index contributed by atoms with van der Waals surface area (Å²) in [5.41, 5.74) is 6.33. The number of benzene rings is 2. The molecule has 0 saturated carbocycles. The van der Waals surface area contributed by atoms with Gasteiger partial charge in [0, 0.05) is 6.61 Å². The van der Waals surface area contributed by atoms with Crippen LogP contribution in [0, 0.1) is 0 Å². The van der Waals surface area contributed by atoms with Crippen molar-refractivity contribution in [3.63, 3.8) is 0 Å². The third-order valence-corrected chi connectivity index (χ3v) is 3.12. The van der Waals surface area contributed by atoms with Gasteiger partial charge in [0.15, 0.2) is 0 Å². The molecule has 0 saturated heterocycles. The van der Waals surface area contributed by atoms with E-state index < -0.39 is 0 Å². The SMILES string of the molecule is CCO.OCc1cccc2c1Cc1ccccc1-2. The smallest absolute Gasteiger partial charge is 0.0684 e. The van der Waals surface area contributed by atoms with Crippen molar-refractivity contribution < 1.29 is 10.2 Å². The molecule has 0 heterocycles. The van der Waals surface area contributed by atoms with E-state index in [0.717, 1.165) is 12.0 Å². The highest BCUT2D eigenvalue weighted by atomic mass is 16.3. The molecule has 0 fully saturated rings. The van der Waals surface area contributed by atoms with E-state index in [0.29, 0.717) is 0 Å². The quantitative estimate of drug-likeness (QED) is 0.689. The van der Waals surface area contributed by atoms with Crippen LogP contribution in [0.15, 0.2) is 42.5 Å². The lowest BCUT2D eigenvalue weighted by Gasteiger charge is -2.04. The first-order chi connectivity index (χ1) is 8.81. The molecule has 0 aliphatic heterocycles. The molecule has 0 aromatic heterocycles. The number of hydrogen-bond acceptors (Lipinski definition) is 2. The molecule has 2 heteroatoms. The normalized spacial score (nSPS) is 11.3. The van der Waals surface area contributed by atoms with Crippen LogP contribution in [0.25, 0.3) is 11.1 Å². The van der Waals surface area contributed by atoms with Gasteiger partial charge in [0.05, 0.1) is 6.61 Å². The molecule has 2 nitrogen and oxygen atoms in total. The third-order valence-electron chi connectivity index (χ3n) is 3.12. The highest BCUT2D eigenvalue weighted by Crippen LogP contribution is 2.37. The fraction of sp³-hybridized carbons (Fsp3) is 0.250. The zero-order valence-corrected chi connectivity index (χ0v) is 10.6. The summed E-state index contributed by atoms with van der Waals surface area (Å²) < 4.78 is 0. The Hall–Kier alpha value is -1.64. The summed E-state index contributed by atoms with van der Waals surface area (Å²) in [6, 6.07) is 14.6. The lowest BCUT2D eigenvalue weighted by molar-refractivity contribution is 0.281. The molecule has 0 amide bonds. The zero-order chi connectivity index (χ0) is 13.0. The predicted molar refractivity (Wildman–Crippen MR) is 73.4 cm³/mol. The minimum Gasteiger partial charge on any atom is -0.397 e. The second-order valence-corrected chi connectivity index (χ2v) is 4.25. The molecular formula is C16H18O2. The molecule has 1 aliphatic rings. The van der Waals surface area contributed by atoms with Crippen LogP contribution >= 0.6 is 0 Å². The molecular weight excluding hydrogens is 224 g/mol. The van der Waals surface area contributed by atoms with Crippen LogP contribution in [0.1, 0.15) is 23.6 Å². The van der Waals surface area contributed by atoms with Gasteiger partial charge in [-0.05, 0) is 41.2 Å². The van der Waals surface area contributed by atoms with E-state index in [9.17, 15) is 5.11 Å². The Kier molecular flexibility index (Phi) is 4.13. The summed E-state index contributed by atoms with van der Waals surface area (Å²) in [5.74, 6) is 0. The molecule has 94 valence electrons. The minimum absolute atomic E-state index is 0.136. The van der Waals surface area contributed by atoms with Crippen molar-refractivity contribution in [2.45, 2.75) is 20.0 Å². The van der Waals surface area contributed by atoms with E-state index in [1.165, 1.54) is 22.3 Å². The molecule has 0 unspecified atom stereocenters. The van der Waals surface area contributed by atoms with Gasteiger partial charge in [0.2, 0.25) is 0 Å². The minimum atomic E-state index is 0.136. The van der Waals surface area contributed by atoms with E-state index in [1.54, 1.807) is 6.92 Å². The molecule has 0 atom stereocenters. The van der Waals surface area contributed by atoms with Crippen molar-refractivity contribution in [1.29, 1.82) is 0 Å². The van der Waals surface area contributed by atoms with Crippen molar-refractivity contribution >= 4 is 0 Å². The summed E-state index contributed by atoms with van der Waals surface area (Å²) in [7, 11) is 0. The fourth-order valence-electron chi connectivity index (χ4n) is 2.37. The van der Waals surface area contributed by atoms with Gasteiger partial charge in [0.1, 0.15) is 0 Å². The van der Waals surface area contributed by atoms with Gasteiger partial charge in [-0.15, -0.1) is 0 Å². The van der Waals surface area contributed by atoms with Gasteiger partial charge in [-0.1, -0.05) is 42.5 Å². The maximum Gasteiger partial charge on any atom is 0.0684 e. The van der Waals surface area contributed by atoms with E-state index in [2.05, 4.69) is 30.3 Å². The van der Waals surface area contributed by atoms with Gasteiger partial charge < -0.3 is 10.2 Å². The second kappa shape index (κ2) is 5.80. The Bertz CT molecular complexity index is 532. The summed E-state index contributed by atoms with van der Waals surface area (Å²) in [6.07, 6.45) is 0.961. The van der Waals surface area contributed by atoms with Crippen LogP contribution in [0.4, 0.5) is 0 Å².